The van der Waals surface area contributed by atoms with Crippen LogP contribution in [0.2, 0.25) is 0 Å². The van der Waals surface area contributed by atoms with Gasteiger partial charge in [-0.3, -0.25) is 4.79 Å². The molecule has 1 aromatic rings. The van der Waals surface area contributed by atoms with Gasteiger partial charge in [0.2, 0.25) is 0 Å². The van der Waals surface area contributed by atoms with Crippen LogP contribution in [0.5, 0.6) is 0 Å². The molecule has 1 aliphatic rings. The second kappa shape index (κ2) is 5.51. The number of nitrogens with zero attached hydrogens (tertiary/aromatic N) is 1. The average molecular weight is 265 g/mol. The van der Waals surface area contributed by atoms with Crippen LogP contribution in [0.15, 0.2) is 18.7 Å². The number of likely N-dealkylation sites (tertiary alicyclic amines) is 1. The molecule has 0 radical (unpaired) electrons. The number of hydrogen-bond acceptors (Lipinski definition) is 1. The van der Waals surface area contributed by atoms with E-state index in [-0.39, 0.29) is 5.56 Å². The van der Waals surface area contributed by atoms with Gasteiger partial charge in [-0.05, 0) is 30.9 Å². The maximum absolute atomic E-state index is 14.1. The molecule has 19 heavy (non-hydrogen) atoms. The monoisotopic (exact) mass is 265 g/mol. The molecule has 102 valence electrons. The smallest absolute Gasteiger partial charge is 0.259 e. The molecule has 2 rings (SSSR count). The lowest BCUT2D eigenvalue weighted by molar-refractivity contribution is 0.0673. The first-order valence-electron chi connectivity index (χ1n) is 6.44. The summed E-state index contributed by atoms with van der Waals surface area (Å²) in [5.74, 6) is -1.83. The average Bonchev–Trinajstić information content (AvgIpc) is 2.39. The zero-order valence-corrected chi connectivity index (χ0v) is 11.0. The van der Waals surface area contributed by atoms with Gasteiger partial charge in [0, 0.05) is 18.7 Å². The Balaban J connectivity index is 2.35. The van der Waals surface area contributed by atoms with Crippen molar-refractivity contribution in [3.63, 3.8) is 0 Å². The minimum atomic E-state index is -0.821. The summed E-state index contributed by atoms with van der Waals surface area (Å²) in [4.78, 5) is 13.8. The molecule has 4 heteroatoms. The standard InChI is InChI=1S/C15H17F2NO/c1-3-11-6-7-12(16)13(14(11)17)15(19)18-8-4-5-10(2)9-18/h3,6-7,10H,1,4-5,8-9H2,2H3. The van der Waals surface area contributed by atoms with E-state index in [1.165, 1.54) is 17.0 Å². The van der Waals surface area contributed by atoms with Crippen LogP contribution in [0.25, 0.3) is 6.08 Å². The van der Waals surface area contributed by atoms with Gasteiger partial charge in [-0.2, -0.15) is 0 Å². The molecule has 1 atom stereocenters. The van der Waals surface area contributed by atoms with E-state index in [1.807, 2.05) is 6.92 Å². The number of halogens is 2. The number of amides is 1. The van der Waals surface area contributed by atoms with E-state index >= 15 is 0 Å². The molecule has 0 aromatic heterocycles. The molecule has 1 unspecified atom stereocenters. The predicted molar refractivity (Wildman–Crippen MR) is 70.8 cm³/mol. The molecule has 0 N–H and O–H groups in total. The van der Waals surface area contributed by atoms with E-state index < -0.39 is 23.1 Å². The SMILES string of the molecule is C=Cc1ccc(F)c(C(=O)N2CCCC(C)C2)c1F. The van der Waals surface area contributed by atoms with Gasteiger partial charge in [0.05, 0.1) is 0 Å². The number of benzene rings is 1. The highest BCUT2D eigenvalue weighted by molar-refractivity contribution is 5.95. The maximum atomic E-state index is 14.1. The minimum absolute atomic E-state index is 0.148. The van der Waals surface area contributed by atoms with Gasteiger partial charge in [-0.15, -0.1) is 0 Å². The highest BCUT2D eigenvalue weighted by atomic mass is 19.1. The van der Waals surface area contributed by atoms with E-state index in [0.717, 1.165) is 18.9 Å². The summed E-state index contributed by atoms with van der Waals surface area (Å²) in [7, 11) is 0. The third-order valence-electron chi connectivity index (χ3n) is 3.50. The Hall–Kier alpha value is -1.71. The Labute approximate surface area is 111 Å². The molecule has 0 aliphatic carbocycles. The number of carbonyl (C=O) groups excluding carboxylic acids is 1. The van der Waals surface area contributed by atoms with E-state index in [4.69, 9.17) is 0 Å². The number of rotatable bonds is 2. The van der Waals surface area contributed by atoms with Gasteiger partial charge in [0.1, 0.15) is 17.2 Å². The molecular formula is C15H17F2NO. The normalized spacial score (nSPS) is 19.3. The van der Waals surface area contributed by atoms with Crippen LogP contribution in [0, 0.1) is 17.6 Å². The molecule has 1 aromatic carbocycles. The van der Waals surface area contributed by atoms with Crippen molar-refractivity contribution in [2.75, 3.05) is 13.1 Å². The minimum Gasteiger partial charge on any atom is -0.338 e. The van der Waals surface area contributed by atoms with Crippen LogP contribution < -0.4 is 0 Å². The van der Waals surface area contributed by atoms with Crippen molar-refractivity contribution in [2.45, 2.75) is 19.8 Å². The third kappa shape index (κ3) is 2.67. The molecule has 0 saturated carbocycles. The summed E-state index contributed by atoms with van der Waals surface area (Å²) in [5.41, 5.74) is -0.318. The van der Waals surface area contributed by atoms with Gasteiger partial charge >= 0.3 is 0 Å². The third-order valence-corrected chi connectivity index (χ3v) is 3.50. The highest BCUT2D eigenvalue weighted by Crippen LogP contribution is 2.23. The van der Waals surface area contributed by atoms with Crippen molar-refractivity contribution >= 4 is 12.0 Å². The molecule has 1 amide bonds. The lowest BCUT2D eigenvalue weighted by atomic mass is 9.99. The van der Waals surface area contributed by atoms with Crippen molar-refractivity contribution < 1.29 is 13.6 Å². The largest absolute Gasteiger partial charge is 0.338 e. The summed E-state index contributed by atoms with van der Waals surface area (Å²) in [6, 6.07) is 2.40. The van der Waals surface area contributed by atoms with Crippen LogP contribution in [0.3, 0.4) is 0 Å². The molecule has 1 saturated heterocycles. The first-order chi connectivity index (χ1) is 9.04. The summed E-state index contributed by atoms with van der Waals surface area (Å²) >= 11 is 0. The quantitative estimate of drug-likeness (QED) is 0.801. The van der Waals surface area contributed by atoms with E-state index in [2.05, 4.69) is 6.58 Å². The Morgan fingerprint density at radius 2 is 2.21 bits per heavy atom. The van der Waals surface area contributed by atoms with E-state index in [1.54, 1.807) is 0 Å². The lowest BCUT2D eigenvalue weighted by Gasteiger charge is -2.31. The molecule has 1 fully saturated rings. The van der Waals surface area contributed by atoms with Crippen molar-refractivity contribution in [2.24, 2.45) is 5.92 Å². The van der Waals surface area contributed by atoms with Crippen LogP contribution in [0.1, 0.15) is 35.7 Å². The molecule has 0 bridgehead atoms. The van der Waals surface area contributed by atoms with Crippen molar-refractivity contribution in [3.8, 4) is 0 Å². The number of hydrogen-bond donors (Lipinski definition) is 0. The number of carbonyl (C=O) groups is 1. The predicted octanol–water partition coefficient (Wildman–Crippen LogP) is 3.48. The Bertz CT molecular complexity index is 513. The Kier molecular flexibility index (Phi) is 3.98. The summed E-state index contributed by atoms with van der Waals surface area (Å²) in [6.45, 7) is 6.60. The summed E-state index contributed by atoms with van der Waals surface area (Å²) < 4.78 is 27.8. The topological polar surface area (TPSA) is 20.3 Å². The van der Waals surface area contributed by atoms with Crippen LogP contribution >= 0.6 is 0 Å². The lowest BCUT2D eigenvalue weighted by Crippen LogP contribution is -2.40. The van der Waals surface area contributed by atoms with Gasteiger partial charge in [0.25, 0.3) is 5.91 Å². The highest BCUT2D eigenvalue weighted by Gasteiger charge is 2.27. The zero-order valence-electron chi connectivity index (χ0n) is 11.0. The summed E-state index contributed by atoms with van der Waals surface area (Å²) in [5, 5.41) is 0. The van der Waals surface area contributed by atoms with Crippen molar-refractivity contribution in [1.82, 2.24) is 4.90 Å². The van der Waals surface area contributed by atoms with Crippen LogP contribution in [-0.4, -0.2) is 23.9 Å². The van der Waals surface area contributed by atoms with Crippen molar-refractivity contribution in [1.29, 1.82) is 0 Å². The maximum Gasteiger partial charge on any atom is 0.259 e. The van der Waals surface area contributed by atoms with E-state index in [0.29, 0.717) is 19.0 Å². The van der Waals surface area contributed by atoms with Gasteiger partial charge < -0.3 is 4.90 Å². The zero-order chi connectivity index (χ0) is 14.0. The molecule has 0 spiro atoms. The fraction of sp³-hybridized carbons (Fsp3) is 0.400. The van der Waals surface area contributed by atoms with Gasteiger partial charge in [-0.25, -0.2) is 8.78 Å². The van der Waals surface area contributed by atoms with Gasteiger partial charge in [-0.1, -0.05) is 19.6 Å². The number of piperidine rings is 1. The Morgan fingerprint density at radius 1 is 1.47 bits per heavy atom. The molecule has 1 aliphatic heterocycles. The van der Waals surface area contributed by atoms with Crippen LogP contribution in [0.4, 0.5) is 8.78 Å². The van der Waals surface area contributed by atoms with E-state index in [9.17, 15) is 13.6 Å². The van der Waals surface area contributed by atoms with Crippen molar-refractivity contribution in [3.05, 3.63) is 41.5 Å². The molecular weight excluding hydrogens is 248 g/mol. The second-order valence-electron chi connectivity index (χ2n) is 5.03. The summed E-state index contributed by atoms with van der Waals surface area (Å²) in [6.07, 6.45) is 3.20. The fourth-order valence-corrected chi connectivity index (χ4v) is 2.45. The Morgan fingerprint density at radius 3 is 2.84 bits per heavy atom. The molecule has 1 heterocycles. The van der Waals surface area contributed by atoms with Gasteiger partial charge in [0.15, 0.2) is 0 Å². The second-order valence-corrected chi connectivity index (χ2v) is 5.03. The van der Waals surface area contributed by atoms with Crippen LogP contribution in [-0.2, 0) is 0 Å². The first-order valence-corrected chi connectivity index (χ1v) is 6.44. The first kappa shape index (κ1) is 13.7. The molecule has 2 nitrogen and oxygen atoms in total. The fourth-order valence-electron chi connectivity index (χ4n) is 2.45.